The van der Waals surface area contributed by atoms with Crippen molar-refractivity contribution in [3.63, 3.8) is 0 Å². The number of nitrogens with one attached hydrogen (secondary N) is 2. The van der Waals surface area contributed by atoms with Crippen LogP contribution in [0.1, 0.15) is 18.7 Å². The third kappa shape index (κ3) is 3.74. The molecule has 2 N–H and O–H groups in total. The number of para-hydroxylation sites is 3. The van der Waals surface area contributed by atoms with Crippen molar-refractivity contribution >= 4 is 34.2 Å². The fourth-order valence-electron chi connectivity index (χ4n) is 3.44. The molecule has 0 radical (unpaired) electrons. The van der Waals surface area contributed by atoms with Crippen LogP contribution in [0.15, 0.2) is 48.5 Å². The molecule has 5 nitrogen and oxygen atoms in total. The monoisotopic (exact) mass is 368 g/mol. The predicted molar refractivity (Wildman–Crippen MR) is 104 cm³/mol. The van der Waals surface area contributed by atoms with E-state index < -0.39 is 0 Å². The summed E-state index contributed by atoms with van der Waals surface area (Å²) in [5.41, 5.74) is 2.75. The van der Waals surface area contributed by atoms with Crippen LogP contribution in [0.5, 0.6) is 0 Å². The Bertz CT molecular complexity index is 882. The minimum absolute atomic E-state index is 0.0261. The molecule has 1 fully saturated rings. The molecule has 134 valence electrons. The molecule has 0 atom stereocenters. The zero-order valence-electron chi connectivity index (χ0n) is 14.4. The lowest BCUT2D eigenvalue weighted by atomic mass is 9.96. The number of hydrogen-bond donors (Lipinski definition) is 2. The lowest BCUT2D eigenvalue weighted by Gasteiger charge is -2.30. The van der Waals surface area contributed by atoms with E-state index in [1.54, 1.807) is 6.07 Å². The number of anilines is 1. The number of piperidine rings is 1. The normalized spacial score (nSPS) is 16.0. The van der Waals surface area contributed by atoms with Gasteiger partial charge in [0.1, 0.15) is 5.82 Å². The summed E-state index contributed by atoms with van der Waals surface area (Å²) in [5.74, 6) is 1.06. The van der Waals surface area contributed by atoms with Gasteiger partial charge in [-0.1, -0.05) is 35.9 Å². The molecule has 2 aromatic carbocycles. The van der Waals surface area contributed by atoms with E-state index in [1.807, 2.05) is 42.5 Å². The average Bonchev–Trinajstić information content (AvgIpc) is 3.06. The van der Waals surface area contributed by atoms with E-state index >= 15 is 0 Å². The Hall–Kier alpha value is -2.37. The van der Waals surface area contributed by atoms with Crippen molar-refractivity contribution in [1.82, 2.24) is 14.9 Å². The van der Waals surface area contributed by atoms with Crippen LogP contribution in [0.3, 0.4) is 0 Å². The second-order valence-electron chi connectivity index (χ2n) is 6.72. The predicted octanol–water partition coefficient (Wildman–Crippen LogP) is 4.07. The first-order valence-corrected chi connectivity index (χ1v) is 9.28. The topological polar surface area (TPSA) is 61.0 Å². The molecule has 0 bridgehead atoms. The molecule has 1 aliphatic heterocycles. The highest BCUT2D eigenvalue weighted by atomic mass is 35.5. The van der Waals surface area contributed by atoms with Gasteiger partial charge >= 0.3 is 0 Å². The number of carbonyl (C=O) groups excluding carboxylic acids is 1. The average molecular weight is 369 g/mol. The van der Waals surface area contributed by atoms with Gasteiger partial charge in [0.25, 0.3) is 0 Å². The Morgan fingerprint density at radius 3 is 2.65 bits per heavy atom. The number of amides is 1. The number of halogens is 1. The number of aromatic amines is 1. The summed E-state index contributed by atoms with van der Waals surface area (Å²) in [6.45, 7) is 2.56. The van der Waals surface area contributed by atoms with Gasteiger partial charge in [-0.2, -0.15) is 0 Å². The molecule has 1 amide bonds. The summed E-state index contributed by atoms with van der Waals surface area (Å²) in [6, 6.07) is 15.4. The SMILES string of the molecule is O=C(Nc1ccccc1Cl)C1CCN(Cc2nc3ccccc3[nH]2)CC1. The van der Waals surface area contributed by atoms with Crippen molar-refractivity contribution in [1.29, 1.82) is 0 Å². The van der Waals surface area contributed by atoms with Gasteiger partial charge in [0, 0.05) is 5.92 Å². The minimum atomic E-state index is 0.0261. The van der Waals surface area contributed by atoms with Crippen LogP contribution in [0, 0.1) is 5.92 Å². The van der Waals surface area contributed by atoms with Crippen molar-refractivity contribution in [3.8, 4) is 0 Å². The molecule has 4 rings (SSSR count). The van der Waals surface area contributed by atoms with Crippen molar-refractivity contribution < 1.29 is 4.79 Å². The van der Waals surface area contributed by atoms with Gasteiger partial charge in [0.2, 0.25) is 5.91 Å². The summed E-state index contributed by atoms with van der Waals surface area (Å²) >= 11 is 6.12. The molecule has 3 aromatic rings. The van der Waals surface area contributed by atoms with Crippen molar-refractivity contribution in [2.75, 3.05) is 18.4 Å². The van der Waals surface area contributed by atoms with E-state index in [1.165, 1.54) is 0 Å². The maximum atomic E-state index is 12.5. The Kier molecular flexibility index (Phi) is 4.91. The fraction of sp³-hybridized carbons (Fsp3) is 0.300. The molecule has 0 saturated carbocycles. The van der Waals surface area contributed by atoms with Gasteiger partial charge in [-0.25, -0.2) is 4.98 Å². The highest BCUT2D eigenvalue weighted by Gasteiger charge is 2.25. The fourth-order valence-corrected chi connectivity index (χ4v) is 3.63. The number of nitrogens with zero attached hydrogens (tertiary/aromatic N) is 2. The summed E-state index contributed by atoms with van der Waals surface area (Å²) < 4.78 is 0. The molecule has 1 saturated heterocycles. The van der Waals surface area contributed by atoms with E-state index in [0.717, 1.165) is 49.3 Å². The van der Waals surface area contributed by atoms with Gasteiger partial charge in [-0.15, -0.1) is 0 Å². The number of imidazole rings is 1. The number of likely N-dealkylation sites (tertiary alicyclic amines) is 1. The van der Waals surface area contributed by atoms with Crippen LogP contribution >= 0.6 is 11.6 Å². The van der Waals surface area contributed by atoms with E-state index in [-0.39, 0.29) is 11.8 Å². The van der Waals surface area contributed by atoms with Gasteiger partial charge in [0.15, 0.2) is 0 Å². The Labute approximate surface area is 157 Å². The number of benzene rings is 2. The zero-order chi connectivity index (χ0) is 17.9. The molecule has 0 unspecified atom stereocenters. The zero-order valence-corrected chi connectivity index (χ0v) is 15.2. The van der Waals surface area contributed by atoms with Crippen LogP contribution < -0.4 is 5.32 Å². The highest BCUT2D eigenvalue weighted by molar-refractivity contribution is 6.33. The summed E-state index contributed by atoms with van der Waals surface area (Å²) in [5, 5.41) is 3.53. The third-order valence-corrected chi connectivity index (χ3v) is 5.23. The highest BCUT2D eigenvalue weighted by Crippen LogP contribution is 2.24. The van der Waals surface area contributed by atoms with Gasteiger partial charge in [-0.3, -0.25) is 9.69 Å². The van der Waals surface area contributed by atoms with E-state index in [0.29, 0.717) is 10.7 Å². The van der Waals surface area contributed by atoms with Gasteiger partial charge in [0.05, 0.1) is 28.3 Å². The number of carbonyl (C=O) groups is 1. The second-order valence-corrected chi connectivity index (χ2v) is 7.13. The number of rotatable bonds is 4. The number of H-pyrrole nitrogens is 1. The standard InChI is InChI=1S/C20H21ClN4O/c21-15-5-1-2-6-16(15)24-20(26)14-9-11-25(12-10-14)13-19-22-17-7-3-4-8-18(17)23-19/h1-8,14H,9-13H2,(H,22,23)(H,24,26). The molecule has 2 heterocycles. The number of hydrogen-bond acceptors (Lipinski definition) is 3. The van der Waals surface area contributed by atoms with E-state index in [4.69, 9.17) is 11.6 Å². The quantitative estimate of drug-likeness (QED) is 0.729. The number of fused-ring (bicyclic) bond motifs is 1. The van der Waals surface area contributed by atoms with Crippen LogP contribution in [-0.2, 0) is 11.3 Å². The van der Waals surface area contributed by atoms with Crippen LogP contribution in [-0.4, -0.2) is 33.9 Å². The van der Waals surface area contributed by atoms with Crippen molar-refractivity contribution in [3.05, 3.63) is 59.4 Å². The van der Waals surface area contributed by atoms with Crippen LogP contribution in [0.4, 0.5) is 5.69 Å². The summed E-state index contributed by atoms with van der Waals surface area (Å²) in [7, 11) is 0. The molecular weight excluding hydrogens is 348 g/mol. The molecule has 0 aliphatic carbocycles. The lowest BCUT2D eigenvalue weighted by molar-refractivity contribution is -0.121. The third-order valence-electron chi connectivity index (χ3n) is 4.90. The van der Waals surface area contributed by atoms with Crippen LogP contribution in [0.25, 0.3) is 11.0 Å². The van der Waals surface area contributed by atoms with Gasteiger partial charge in [-0.05, 0) is 50.2 Å². The molecule has 6 heteroatoms. The maximum absolute atomic E-state index is 12.5. The molecule has 1 aromatic heterocycles. The van der Waals surface area contributed by atoms with Crippen molar-refractivity contribution in [2.24, 2.45) is 5.92 Å². The van der Waals surface area contributed by atoms with Crippen LogP contribution in [0.2, 0.25) is 5.02 Å². The summed E-state index contributed by atoms with van der Waals surface area (Å²) in [6.07, 6.45) is 1.69. The van der Waals surface area contributed by atoms with Crippen molar-refractivity contribution in [2.45, 2.75) is 19.4 Å². The second kappa shape index (κ2) is 7.48. The first kappa shape index (κ1) is 17.1. The first-order valence-electron chi connectivity index (χ1n) is 8.90. The Balaban J connectivity index is 1.32. The Morgan fingerprint density at radius 1 is 1.15 bits per heavy atom. The minimum Gasteiger partial charge on any atom is -0.341 e. The van der Waals surface area contributed by atoms with E-state index in [2.05, 4.69) is 20.2 Å². The summed E-state index contributed by atoms with van der Waals surface area (Å²) in [4.78, 5) is 22.8. The van der Waals surface area contributed by atoms with Gasteiger partial charge < -0.3 is 10.3 Å². The first-order chi connectivity index (χ1) is 12.7. The maximum Gasteiger partial charge on any atom is 0.227 e. The Morgan fingerprint density at radius 2 is 1.88 bits per heavy atom. The largest absolute Gasteiger partial charge is 0.341 e. The molecular formula is C20H21ClN4O. The smallest absolute Gasteiger partial charge is 0.227 e. The molecule has 0 spiro atoms. The lowest BCUT2D eigenvalue weighted by Crippen LogP contribution is -2.38. The number of aromatic nitrogens is 2. The molecule has 26 heavy (non-hydrogen) atoms. The molecule has 1 aliphatic rings. The van der Waals surface area contributed by atoms with E-state index in [9.17, 15) is 4.79 Å².